The van der Waals surface area contributed by atoms with Gasteiger partial charge in [0.15, 0.2) is 6.61 Å². The summed E-state index contributed by atoms with van der Waals surface area (Å²) in [5.41, 5.74) is 0.218. The number of hydrogen-bond donors (Lipinski definition) is 1. The van der Waals surface area contributed by atoms with Gasteiger partial charge in [-0.1, -0.05) is 6.07 Å². The molecular weight excluding hydrogens is 264 g/mol. The molecule has 0 aliphatic carbocycles. The maximum Gasteiger partial charge on any atom is 0.338 e. The van der Waals surface area contributed by atoms with Crippen molar-refractivity contribution in [3.05, 3.63) is 51.7 Å². The van der Waals surface area contributed by atoms with Crippen LogP contribution in [0, 0.1) is 6.92 Å². The molecule has 1 aromatic heterocycles. The first-order chi connectivity index (χ1) is 9.06. The van der Waals surface area contributed by atoms with E-state index in [1.54, 1.807) is 6.07 Å². The summed E-state index contributed by atoms with van der Waals surface area (Å²) in [7, 11) is 0. The first-order valence-electron chi connectivity index (χ1n) is 5.62. The Kier molecular flexibility index (Phi) is 3.97. The molecule has 4 nitrogen and oxygen atoms in total. The summed E-state index contributed by atoms with van der Waals surface area (Å²) in [6.07, 6.45) is 0. The molecule has 0 spiro atoms. The summed E-state index contributed by atoms with van der Waals surface area (Å²) >= 11 is 1.36. The van der Waals surface area contributed by atoms with Gasteiger partial charge in [0.2, 0.25) is 5.78 Å². The highest BCUT2D eigenvalue weighted by molar-refractivity contribution is 7.14. The molecule has 0 saturated heterocycles. The van der Waals surface area contributed by atoms with Crippen LogP contribution < -0.4 is 0 Å². The van der Waals surface area contributed by atoms with Gasteiger partial charge in [0.1, 0.15) is 5.75 Å². The number of aryl methyl sites for hydroxylation is 1. The predicted molar refractivity (Wildman–Crippen MR) is 71.8 cm³/mol. The zero-order valence-corrected chi connectivity index (χ0v) is 11.1. The van der Waals surface area contributed by atoms with E-state index in [2.05, 4.69) is 0 Å². The molecule has 0 bridgehead atoms. The SMILES string of the molecule is Cc1ccc(C(=O)COC(=O)c2cccc(O)c2)s1. The van der Waals surface area contributed by atoms with Gasteiger partial charge in [-0.3, -0.25) is 4.79 Å². The van der Waals surface area contributed by atoms with Gasteiger partial charge in [0.05, 0.1) is 10.4 Å². The number of phenols is 1. The fourth-order valence-corrected chi connectivity index (χ4v) is 2.29. The molecule has 0 aliphatic rings. The van der Waals surface area contributed by atoms with E-state index in [-0.39, 0.29) is 23.7 Å². The minimum atomic E-state index is -0.627. The number of phenolic OH excluding ortho intramolecular Hbond substituents is 1. The Morgan fingerprint density at radius 2 is 2.05 bits per heavy atom. The van der Waals surface area contributed by atoms with Crippen molar-refractivity contribution in [2.24, 2.45) is 0 Å². The van der Waals surface area contributed by atoms with E-state index in [1.807, 2.05) is 13.0 Å². The van der Waals surface area contributed by atoms with Gasteiger partial charge in [-0.25, -0.2) is 4.79 Å². The second-order valence-corrected chi connectivity index (χ2v) is 5.25. The minimum Gasteiger partial charge on any atom is -0.508 e. The average molecular weight is 276 g/mol. The molecule has 0 amide bonds. The highest BCUT2D eigenvalue weighted by Crippen LogP contribution is 2.16. The van der Waals surface area contributed by atoms with Crippen LogP contribution in [-0.4, -0.2) is 23.5 Å². The molecule has 0 saturated carbocycles. The van der Waals surface area contributed by atoms with Crippen molar-refractivity contribution in [2.75, 3.05) is 6.61 Å². The van der Waals surface area contributed by atoms with Crippen molar-refractivity contribution >= 4 is 23.1 Å². The van der Waals surface area contributed by atoms with Crippen LogP contribution in [0.3, 0.4) is 0 Å². The first-order valence-corrected chi connectivity index (χ1v) is 6.44. The number of rotatable bonds is 4. The van der Waals surface area contributed by atoms with Crippen LogP contribution in [0.1, 0.15) is 24.9 Å². The maximum atomic E-state index is 11.7. The Labute approximate surface area is 114 Å². The number of Topliss-reactive ketones (excluding diaryl/α,β-unsaturated/α-hetero) is 1. The molecule has 0 fully saturated rings. The molecule has 1 aromatic carbocycles. The van der Waals surface area contributed by atoms with Gasteiger partial charge in [-0.15, -0.1) is 11.3 Å². The van der Waals surface area contributed by atoms with Crippen LogP contribution >= 0.6 is 11.3 Å². The number of aromatic hydroxyl groups is 1. The largest absolute Gasteiger partial charge is 0.508 e. The Bertz CT molecular complexity index is 615. The Balaban J connectivity index is 1.95. The average Bonchev–Trinajstić information content (AvgIpc) is 2.82. The second-order valence-electron chi connectivity index (χ2n) is 3.96. The lowest BCUT2D eigenvalue weighted by molar-refractivity contribution is 0.0475. The van der Waals surface area contributed by atoms with E-state index in [1.165, 1.54) is 35.6 Å². The lowest BCUT2D eigenvalue weighted by atomic mass is 10.2. The number of carbonyl (C=O) groups excluding carboxylic acids is 2. The van der Waals surface area contributed by atoms with Crippen molar-refractivity contribution in [3.8, 4) is 5.75 Å². The summed E-state index contributed by atoms with van der Waals surface area (Å²) < 4.78 is 4.92. The molecule has 98 valence electrons. The van der Waals surface area contributed by atoms with Gasteiger partial charge in [-0.05, 0) is 37.3 Å². The van der Waals surface area contributed by atoms with Gasteiger partial charge in [0, 0.05) is 4.88 Å². The molecule has 19 heavy (non-hydrogen) atoms. The molecule has 0 atom stereocenters. The lowest BCUT2D eigenvalue weighted by Gasteiger charge is -2.03. The quantitative estimate of drug-likeness (QED) is 0.689. The predicted octanol–water partition coefficient (Wildman–Crippen LogP) is 2.80. The Morgan fingerprint density at radius 1 is 1.26 bits per heavy atom. The number of ketones is 1. The number of esters is 1. The van der Waals surface area contributed by atoms with E-state index >= 15 is 0 Å². The molecule has 0 unspecified atom stereocenters. The summed E-state index contributed by atoms with van der Waals surface area (Å²) in [5, 5.41) is 9.25. The van der Waals surface area contributed by atoms with Crippen molar-refractivity contribution in [1.82, 2.24) is 0 Å². The van der Waals surface area contributed by atoms with E-state index in [0.717, 1.165) is 4.88 Å². The zero-order chi connectivity index (χ0) is 13.8. The van der Waals surface area contributed by atoms with Crippen molar-refractivity contribution in [1.29, 1.82) is 0 Å². The van der Waals surface area contributed by atoms with Crippen molar-refractivity contribution < 1.29 is 19.4 Å². The number of hydrogen-bond acceptors (Lipinski definition) is 5. The standard InChI is InChI=1S/C14H12O4S/c1-9-5-6-13(19-9)12(16)8-18-14(17)10-3-2-4-11(15)7-10/h2-7,15H,8H2,1H3. The maximum absolute atomic E-state index is 11.7. The number of benzene rings is 1. The monoisotopic (exact) mass is 276 g/mol. The van der Waals surface area contributed by atoms with Gasteiger partial charge in [-0.2, -0.15) is 0 Å². The fourth-order valence-electron chi connectivity index (χ4n) is 1.50. The third-order valence-corrected chi connectivity index (χ3v) is 3.47. The fraction of sp³-hybridized carbons (Fsp3) is 0.143. The highest BCUT2D eigenvalue weighted by Gasteiger charge is 2.13. The normalized spacial score (nSPS) is 10.2. The van der Waals surface area contributed by atoms with Crippen LogP contribution in [0.5, 0.6) is 5.75 Å². The van der Waals surface area contributed by atoms with E-state index < -0.39 is 5.97 Å². The topological polar surface area (TPSA) is 63.6 Å². The minimum absolute atomic E-state index is 0.0188. The third-order valence-electron chi connectivity index (χ3n) is 2.43. The molecule has 1 heterocycles. The van der Waals surface area contributed by atoms with Crippen LogP contribution in [-0.2, 0) is 4.74 Å². The molecule has 2 rings (SSSR count). The summed E-state index contributed by atoms with van der Waals surface area (Å²) in [5.74, 6) is -0.876. The zero-order valence-electron chi connectivity index (χ0n) is 10.3. The Hall–Kier alpha value is -2.14. The first kappa shape index (κ1) is 13.3. The lowest BCUT2D eigenvalue weighted by Crippen LogP contribution is -2.13. The van der Waals surface area contributed by atoms with E-state index in [9.17, 15) is 14.7 Å². The van der Waals surface area contributed by atoms with Crippen molar-refractivity contribution in [2.45, 2.75) is 6.92 Å². The van der Waals surface area contributed by atoms with Gasteiger partial charge >= 0.3 is 5.97 Å². The number of thiophene rings is 1. The Morgan fingerprint density at radius 3 is 2.68 bits per heavy atom. The molecule has 2 aromatic rings. The molecule has 0 aliphatic heterocycles. The smallest absolute Gasteiger partial charge is 0.338 e. The number of carbonyl (C=O) groups is 2. The summed E-state index contributed by atoms with van der Waals surface area (Å²) in [4.78, 5) is 25.0. The van der Waals surface area contributed by atoms with Gasteiger partial charge < -0.3 is 9.84 Å². The van der Waals surface area contributed by atoms with E-state index in [0.29, 0.717) is 4.88 Å². The van der Waals surface area contributed by atoms with Crippen LogP contribution in [0.2, 0.25) is 0 Å². The van der Waals surface area contributed by atoms with Crippen LogP contribution in [0.4, 0.5) is 0 Å². The third kappa shape index (κ3) is 3.42. The number of ether oxygens (including phenoxy) is 1. The van der Waals surface area contributed by atoms with Crippen molar-refractivity contribution in [3.63, 3.8) is 0 Å². The van der Waals surface area contributed by atoms with Gasteiger partial charge in [0.25, 0.3) is 0 Å². The second kappa shape index (κ2) is 5.67. The van der Waals surface area contributed by atoms with Crippen LogP contribution in [0.25, 0.3) is 0 Å². The molecular formula is C14H12O4S. The van der Waals surface area contributed by atoms with E-state index in [4.69, 9.17) is 4.74 Å². The molecule has 1 N–H and O–H groups in total. The highest BCUT2D eigenvalue weighted by atomic mass is 32.1. The summed E-state index contributed by atoms with van der Waals surface area (Å²) in [6.45, 7) is 1.61. The molecule has 0 radical (unpaired) electrons. The molecule has 5 heteroatoms. The van der Waals surface area contributed by atoms with Crippen LogP contribution in [0.15, 0.2) is 36.4 Å². The summed E-state index contributed by atoms with van der Waals surface area (Å²) in [6, 6.07) is 9.36.